The first-order chi connectivity index (χ1) is 13.0. The van der Waals surface area contributed by atoms with Gasteiger partial charge in [-0.3, -0.25) is 4.79 Å². The van der Waals surface area contributed by atoms with Crippen molar-refractivity contribution in [2.75, 3.05) is 38.9 Å². The van der Waals surface area contributed by atoms with Crippen LogP contribution in [-0.2, 0) is 4.74 Å². The molecule has 9 heteroatoms. The van der Waals surface area contributed by atoms with E-state index in [0.29, 0.717) is 41.7 Å². The molecule has 27 heavy (non-hydrogen) atoms. The molecule has 3 rings (SSSR count). The van der Waals surface area contributed by atoms with Crippen LogP contribution in [0.3, 0.4) is 0 Å². The van der Waals surface area contributed by atoms with Crippen LogP contribution in [0, 0.1) is 0 Å². The van der Waals surface area contributed by atoms with Gasteiger partial charge in [-0.15, -0.1) is 0 Å². The number of hydrogen-bond acceptors (Lipinski definition) is 6. The molecule has 1 aliphatic heterocycles. The van der Waals surface area contributed by atoms with Crippen molar-refractivity contribution in [1.82, 2.24) is 9.55 Å². The summed E-state index contributed by atoms with van der Waals surface area (Å²) in [7, 11) is 3.23. The van der Waals surface area contributed by atoms with Crippen molar-refractivity contribution in [3.63, 3.8) is 0 Å². The molecule has 0 saturated carbocycles. The smallest absolute Gasteiger partial charge is 0.294 e. The van der Waals surface area contributed by atoms with Gasteiger partial charge in [0.25, 0.3) is 5.56 Å². The summed E-state index contributed by atoms with van der Waals surface area (Å²) in [5, 5.41) is 0. The molecular formula is C18H21Br2N3O4. The first kappa shape index (κ1) is 20.2. The minimum Gasteiger partial charge on any atom is -0.497 e. The zero-order chi connectivity index (χ0) is 19.6. The predicted octanol–water partition coefficient (Wildman–Crippen LogP) is 3.90. The van der Waals surface area contributed by atoms with Crippen molar-refractivity contribution in [2.45, 2.75) is 19.4 Å². The lowest BCUT2D eigenvalue weighted by atomic mass is 10.2. The van der Waals surface area contributed by atoms with E-state index in [0.717, 1.165) is 16.6 Å². The number of aromatic nitrogens is 2. The maximum atomic E-state index is 13.2. The Morgan fingerprint density at radius 2 is 2.11 bits per heavy atom. The Kier molecular flexibility index (Phi) is 6.44. The van der Waals surface area contributed by atoms with Crippen molar-refractivity contribution in [3.05, 3.63) is 37.8 Å². The Labute approximate surface area is 174 Å². The molecule has 1 atom stereocenters. The molecule has 0 amide bonds. The lowest BCUT2D eigenvalue weighted by Crippen LogP contribution is -2.37. The summed E-state index contributed by atoms with van der Waals surface area (Å²) in [4.78, 5) is 19.6. The third-order valence-electron chi connectivity index (χ3n) is 4.44. The molecule has 2 aromatic rings. The van der Waals surface area contributed by atoms with Crippen LogP contribution in [0.4, 0.5) is 11.5 Å². The molecule has 0 fully saturated rings. The normalized spacial score (nSPS) is 14.5. The second-order valence-corrected chi connectivity index (χ2v) is 7.74. The molecule has 0 bridgehead atoms. The molecule has 0 saturated heterocycles. The molecule has 0 spiro atoms. The van der Waals surface area contributed by atoms with Crippen molar-refractivity contribution in [3.8, 4) is 11.5 Å². The molecule has 2 heterocycles. The van der Waals surface area contributed by atoms with Crippen molar-refractivity contribution < 1.29 is 14.2 Å². The first-order valence-corrected chi connectivity index (χ1v) is 10.1. The van der Waals surface area contributed by atoms with Gasteiger partial charge in [-0.1, -0.05) is 6.92 Å². The van der Waals surface area contributed by atoms with Crippen LogP contribution in [0.2, 0.25) is 0 Å². The Balaban J connectivity index is 2.14. The largest absolute Gasteiger partial charge is 0.497 e. The van der Waals surface area contributed by atoms with Crippen LogP contribution in [0.15, 0.2) is 32.2 Å². The fraction of sp³-hybridized carbons (Fsp3) is 0.444. The van der Waals surface area contributed by atoms with Gasteiger partial charge in [0.15, 0.2) is 0 Å². The van der Waals surface area contributed by atoms with Gasteiger partial charge in [0.2, 0.25) is 5.82 Å². The van der Waals surface area contributed by atoms with Crippen LogP contribution in [0.1, 0.15) is 19.4 Å². The standard InChI is InChI=1S/C18H21Br2N3O4/c1-4-11(10-25-2)23-9-15(20)21-17(18(23)24)22-5-6-27-14-8-12(26-3)7-13(19)16(14)22/h7-9,11H,4-6,10H2,1-3H3/t11-/m1/s1. The molecule has 0 radical (unpaired) electrons. The summed E-state index contributed by atoms with van der Waals surface area (Å²) >= 11 is 7.01. The van der Waals surface area contributed by atoms with Gasteiger partial charge in [-0.25, -0.2) is 4.98 Å². The number of anilines is 2. The van der Waals surface area contributed by atoms with Gasteiger partial charge in [0.1, 0.15) is 22.7 Å². The van der Waals surface area contributed by atoms with E-state index in [4.69, 9.17) is 14.2 Å². The van der Waals surface area contributed by atoms with E-state index in [1.54, 1.807) is 25.0 Å². The molecule has 1 aromatic heterocycles. The predicted molar refractivity (Wildman–Crippen MR) is 111 cm³/mol. The monoisotopic (exact) mass is 501 g/mol. The molecule has 0 N–H and O–H groups in total. The minimum atomic E-state index is -0.169. The lowest BCUT2D eigenvalue weighted by Gasteiger charge is -2.32. The Morgan fingerprint density at radius 1 is 1.33 bits per heavy atom. The summed E-state index contributed by atoms with van der Waals surface area (Å²) in [5.74, 6) is 1.66. The number of nitrogens with zero attached hydrogens (tertiary/aromatic N) is 3. The molecule has 0 aliphatic carbocycles. The van der Waals surface area contributed by atoms with Crippen LogP contribution >= 0.6 is 31.9 Å². The number of halogens is 2. The lowest BCUT2D eigenvalue weighted by molar-refractivity contribution is 0.151. The Morgan fingerprint density at radius 3 is 2.78 bits per heavy atom. The van der Waals surface area contributed by atoms with Crippen LogP contribution in [-0.4, -0.2) is 43.5 Å². The van der Waals surface area contributed by atoms with Gasteiger partial charge in [0.05, 0.1) is 32.0 Å². The quantitative estimate of drug-likeness (QED) is 0.596. The maximum absolute atomic E-state index is 13.2. The van der Waals surface area contributed by atoms with E-state index >= 15 is 0 Å². The van der Waals surface area contributed by atoms with Gasteiger partial charge in [-0.2, -0.15) is 0 Å². The highest BCUT2D eigenvalue weighted by Crippen LogP contribution is 2.43. The van der Waals surface area contributed by atoms with Crippen molar-refractivity contribution >= 4 is 43.4 Å². The molecule has 7 nitrogen and oxygen atoms in total. The highest BCUT2D eigenvalue weighted by Gasteiger charge is 2.28. The third kappa shape index (κ3) is 4.00. The molecule has 1 aliphatic rings. The fourth-order valence-electron chi connectivity index (χ4n) is 3.11. The molecular weight excluding hydrogens is 482 g/mol. The third-order valence-corrected chi connectivity index (χ3v) is 5.43. The fourth-order valence-corrected chi connectivity index (χ4v) is 4.14. The Bertz CT molecular complexity index is 888. The summed E-state index contributed by atoms with van der Waals surface area (Å²) in [6, 6.07) is 3.58. The van der Waals surface area contributed by atoms with Crippen molar-refractivity contribution in [1.29, 1.82) is 0 Å². The average Bonchev–Trinajstić information content (AvgIpc) is 2.67. The van der Waals surface area contributed by atoms with E-state index in [2.05, 4.69) is 36.8 Å². The first-order valence-electron chi connectivity index (χ1n) is 8.55. The number of rotatable bonds is 6. The summed E-state index contributed by atoms with van der Waals surface area (Å²) in [6.07, 6.45) is 2.48. The summed E-state index contributed by atoms with van der Waals surface area (Å²) in [6.45, 7) is 3.43. The van der Waals surface area contributed by atoms with E-state index in [9.17, 15) is 4.79 Å². The number of ether oxygens (including phenoxy) is 3. The number of fused-ring (bicyclic) bond motifs is 1. The zero-order valence-electron chi connectivity index (χ0n) is 15.4. The number of methoxy groups -OCH3 is 2. The van der Waals surface area contributed by atoms with E-state index < -0.39 is 0 Å². The van der Waals surface area contributed by atoms with Crippen molar-refractivity contribution in [2.24, 2.45) is 0 Å². The second-order valence-electron chi connectivity index (χ2n) is 6.07. The number of benzene rings is 1. The maximum Gasteiger partial charge on any atom is 0.294 e. The second kappa shape index (κ2) is 8.62. The molecule has 1 aromatic carbocycles. The van der Waals surface area contributed by atoms with Crippen LogP contribution < -0.4 is 19.9 Å². The SMILES string of the molecule is CC[C@H](COC)n1cc(Br)nc(N2CCOc3cc(OC)cc(Br)c32)c1=O. The topological polar surface area (TPSA) is 65.8 Å². The van der Waals surface area contributed by atoms with E-state index in [1.807, 2.05) is 24.0 Å². The highest BCUT2D eigenvalue weighted by molar-refractivity contribution is 9.10. The summed E-state index contributed by atoms with van der Waals surface area (Å²) < 4.78 is 19.4. The zero-order valence-corrected chi connectivity index (χ0v) is 18.5. The van der Waals surface area contributed by atoms with E-state index in [1.165, 1.54) is 0 Å². The summed E-state index contributed by atoms with van der Waals surface area (Å²) in [5.41, 5.74) is 0.591. The van der Waals surface area contributed by atoms with Crippen LogP contribution in [0.25, 0.3) is 0 Å². The van der Waals surface area contributed by atoms with Gasteiger partial charge in [0, 0.05) is 23.8 Å². The van der Waals surface area contributed by atoms with Gasteiger partial charge in [-0.05, 0) is 44.3 Å². The van der Waals surface area contributed by atoms with Crippen LogP contribution in [0.5, 0.6) is 11.5 Å². The molecule has 0 unspecified atom stereocenters. The average molecular weight is 503 g/mol. The van der Waals surface area contributed by atoms with E-state index in [-0.39, 0.29) is 11.6 Å². The highest BCUT2D eigenvalue weighted by atomic mass is 79.9. The van der Waals surface area contributed by atoms with Gasteiger partial charge < -0.3 is 23.7 Å². The molecule has 146 valence electrons. The van der Waals surface area contributed by atoms with Gasteiger partial charge >= 0.3 is 0 Å². The number of hydrogen-bond donors (Lipinski definition) is 0. The minimum absolute atomic E-state index is 0.0691. The Hall–Kier alpha value is -1.58.